The Morgan fingerprint density at radius 1 is 1.26 bits per heavy atom. The summed E-state index contributed by atoms with van der Waals surface area (Å²) in [4.78, 5) is 42.2. The van der Waals surface area contributed by atoms with E-state index < -0.39 is 11.9 Å². The zero-order valence-corrected chi connectivity index (χ0v) is 18.8. The zero-order chi connectivity index (χ0) is 24.0. The summed E-state index contributed by atoms with van der Waals surface area (Å²) >= 11 is 6.12. The van der Waals surface area contributed by atoms with Crippen molar-refractivity contribution in [3.8, 4) is 17.1 Å². The highest BCUT2D eigenvalue weighted by Crippen LogP contribution is 2.31. The smallest absolute Gasteiger partial charge is 0.322 e. The van der Waals surface area contributed by atoms with Gasteiger partial charge in [-0.25, -0.2) is 0 Å². The molecular formula is C23H20ClN5O5. The molecule has 0 saturated carbocycles. The lowest BCUT2D eigenvalue weighted by molar-refractivity contribution is -0.136. The lowest BCUT2D eigenvalue weighted by atomic mass is 10.0. The van der Waals surface area contributed by atoms with Crippen molar-refractivity contribution in [1.82, 2.24) is 20.4 Å². The number of nitrogens with zero attached hydrogens (tertiary/aromatic N) is 3. The molecule has 5 rings (SSSR count). The quantitative estimate of drug-likeness (QED) is 0.473. The van der Waals surface area contributed by atoms with E-state index >= 15 is 0 Å². The molecule has 2 aliphatic rings. The summed E-state index contributed by atoms with van der Waals surface area (Å²) < 4.78 is 5.25. The standard InChI is InChI=1S/C23H20ClN5O5/c1-11-16(24)7-13(8-18(11)30)20-27-23(34-28-20)25-9-12-2-3-15-14(6-12)10-29(22(15)33)17-4-5-19(31)26-21(17)32/h2-3,6-8,17,30H,4-5,9-10H2,1H3,(H,25,27,28)(H,26,31,32). The predicted octanol–water partition coefficient (Wildman–Crippen LogP) is 2.78. The van der Waals surface area contributed by atoms with E-state index in [1.807, 2.05) is 12.1 Å². The molecule has 2 aromatic carbocycles. The number of anilines is 1. The Hall–Kier alpha value is -3.92. The van der Waals surface area contributed by atoms with Crippen molar-refractivity contribution >= 4 is 35.3 Å². The van der Waals surface area contributed by atoms with Gasteiger partial charge in [0, 0.05) is 41.2 Å². The first-order chi connectivity index (χ1) is 16.3. The normalized spacial score (nSPS) is 17.6. The number of amides is 3. The van der Waals surface area contributed by atoms with Crippen LogP contribution >= 0.6 is 11.6 Å². The molecule has 1 saturated heterocycles. The molecule has 3 N–H and O–H groups in total. The van der Waals surface area contributed by atoms with Gasteiger partial charge in [0.15, 0.2) is 0 Å². The van der Waals surface area contributed by atoms with E-state index in [9.17, 15) is 19.5 Å². The highest BCUT2D eigenvalue weighted by Gasteiger charge is 2.39. The number of nitrogens with one attached hydrogen (secondary N) is 2. The number of aromatic hydroxyl groups is 1. The van der Waals surface area contributed by atoms with Crippen LogP contribution in [-0.4, -0.2) is 43.9 Å². The van der Waals surface area contributed by atoms with Gasteiger partial charge in [0.1, 0.15) is 11.8 Å². The summed E-state index contributed by atoms with van der Waals surface area (Å²) in [6.45, 7) is 2.37. The number of rotatable bonds is 5. The topological polar surface area (TPSA) is 138 Å². The van der Waals surface area contributed by atoms with Crippen LogP contribution in [0.3, 0.4) is 0 Å². The SMILES string of the molecule is Cc1c(O)cc(-c2noc(NCc3ccc4c(c3)CN(C3CCC(=O)NC3=O)C4=O)n2)cc1Cl. The summed E-state index contributed by atoms with van der Waals surface area (Å²) in [6, 6.07) is 8.14. The van der Waals surface area contributed by atoms with E-state index in [4.69, 9.17) is 16.1 Å². The van der Waals surface area contributed by atoms with E-state index in [1.165, 1.54) is 11.0 Å². The van der Waals surface area contributed by atoms with Crippen LogP contribution in [0, 0.1) is 6.92 Å². The second kappa shape index (κ2) is 8.45. The van der Waals surface area contributed by atoms with Crippen LogP contribution in [0.1, 0.15) is 39.9 Å². The maximum absolute atomic E-state index is 12.8. The number of phenols is 1. The molecule has 2 aliphatic heterocycles. The third kappa shape index (κ3) is 3.96. The van der Waals surface area contributed by atoms with Gasteiger partial charge in [0.25, 0.3) is 5.91 Å². The Balaban J connectivity index is 1.26. The van der Waals surface area contributed by atoms with Crippen molar-refractivity contribution < 1.29 is 24.0 Å². The van der Waals surface area contributed by atoms with Crippen LogP contribution in [-0.2, 0) is 22.7 Å². The van der Waals surface area contributed by atoms with E-state index in [1.54, 1.807) is 19.1 Å². The van der Waals surface area contributed by atoms with Gasteiger partial charge in [-0.3, -0.25) is 19.7 Å². The molecule has 1 atom stereocenters. The van der Waals surface area contributed by atoms with Crippen LogP contribution in [0.4, 0.5) is 6.01 Å². The minimum atomic E-state index is -0.647. The first-order valence-corrected chi connectivity index (χ1v) is 11.0. The number of hydrogen-bond donors (Lipinski definition) is 3. The van der Waals surface area contributed by atoms with Crippen molar-refractivity contribution in [2.24, 2.45) is 0 Å². The first-order valence-electron chi connectivity index (χ1n) is 10.6. The Morgan fingerprint density at radius 2 is 2.09 bits per heavy atom. The number of imide groups is 1. The van der Waals surface area contributed by atoms with E-state index in [-0.39, 0.29) is 35.8 Å². The van der Waals surface area contributed by atoms with Crippen LogP contribution in [0.5, 0.6) is 5.75 Å². The predicted molar refractivity (Wildman–Crippen MR) is 121 cm³/mol. The number of piperidine rings is 1. The average molecular weight is 482 g/mol. The highest BCUT2D eigenvalue weighted by molar-refractivity contribution is 6.31. The summed E-state index contributed by atoms with van der Waals surface area (Å²) in [5.41, 5.74) is 3.33. The molecule has 1 unspecified atom stereocenters. The summed E-state index contributed by atoms with van der Waals surface area (Å²) in [7, 11) is 0. The van der Waals surface area contributed by atoms with Crippen LogP contribution in [0.25, 0.3) is 11.4 Å². The number of phenolic OH excluding ortho intramolecular Hbond substituents is 1. The van der Waals surface area contributed by atoms with Gasteiger partial charge < -0.3 is 19.8 Å². The van der Waals surface area contributed by atoms with Crippen LogP contribution < -0.4 is 10.6 Å². The fourth-order valence-corrected chi connectivity index (χ4v) is 4.34. The molecule has 1 fully saturated rings. The Bertz CT molecular complexity index is 1310. The molecule has 174 valence electrons. The largest absolute Gasteiger partial charge is 0.508 e. The number of hydrogen-bond acceptors (Lipinski definition) is 8. The molecule has 3 aromatic rings. The molecule has 3 amide bonds. The van der Waals surface area contributed by atoms with E-state index in [2.05, 4.69) is 20.8 Å². The molecule has 3 heterocycles. The molecule has 1 aromatic heterocycles. The van der Waals surface area contributed by atoms with Crippen molar-refractivity contribution in [1.29, 1.82) is 0 Å². The fourth-order valence-electron chi connectivity index (χ4n) is 4.12. The summed E-state index contributed by atoms with van der Waals surface area (Å²) in [6.07, 6.45) is 0.536. The maximum atomic E-state index is 12.8. The highest BCUT2D eigenvalue weighted by atomic mass is 35.5. The minimum Gasteiger partial charge on any atom is -0.508 e. The minimum absolute atomic E-state index is 0.0425. The van der Waals surface area contributed by atoms with E-state index in [0.717, 1.165) is 11.1 Å². The van der Waals surface area contributed by atoms with Gasteiger partial charge in [0.2, 0.25) is 17.6 Å². The van der Waals surface area contributed by atoms with Crippen molar-refractivity contribution in [2.45, 2.75) is 38.9 Å². The number of halogens is 1. The van der Waals surface area contributed by atoms with Gasteiger partial charge in [-0.05, 0) is 42.7 Å². The third-order valence-corrected chi connectivity index (χ3v) is 6.43. The Morgan fingerprint density at radius 3 is 2.85 bits per heavy atom. The second-order valence-electron chi connectivity index (χ2n) is 8.27. The maximum Gasteiger partial charge on any atom is 0.322 e. The lowest BCUT2D eigenvalue weighted by Crippen LogP contribution is -2.52. The zero-order valence-electron chi connectivity index (χ0n) is 18.1. The van der Waals surface area contributed by atoms with Gasteiger partial charge in [0.05, 0.1) is 0 Å². The second-order valence-corrected chi connectivity index (χ2v) is 8.68. The van der Waals surface area contributed by atoms with Gasteiger partial charge in [-0.1, -0.05) is 28.9 Å². The van der Waals surface area contributed by atoms with Gasteiger partial charge in [-0.2, -0.15) is 4.98 Å². The average Bonchev–Trinajstić information content (AvgIpc) is 3.40. The number of benzene rings is 2. The van der Waals surface area contributed by atoms with Crippen molar-refractivity contribution in [3.63, 3.8) is 0 Å². The van der Waals surface area contributed by atoms with E-state index in [0.29, 0.717) is 41.2 Å². The van der Waals surface area contributed by atoms with Crippen molar-refractivity contribution in [2.75, 3.05) is 5.32 Å². The molecule has 10 nitrogen and oxygen atoms in total. The summed E-state index contributed by atoms with van der Waals surface area (Å²) in [5, 5.41) is 19.6. The third-order valence-electron chi connectivity index (χ3n) is 6.03. The number of fused-ring (bicyclic) bond motifs is 1. The fraction of sp³-hybridized carbons (Fsp3) is 0.261. The van der Waals surface area contributed by atoms with Crippen LogP contribution in [0.2, 0.25) is 5.02 Å². The van der Waals surface area contributed by atoms with Gasteiger partial charge in [-0.15, -0.1) is 0 Å². The summed E-state index contributed by atoms with van der Waals surface area (Å²) in [5.74, 6) is -0.648. The molecular weight excluding hydrogens is 462 g/mol. The number of aromatic nitrogens is 2. The Labute approximate surface area is 198 Å². The lowest BCUT2D eigenvalue weighted by Gasteiger charge is -2.29. The van der Waals surface area contributed by atoms with Crippen molar-refractivity contribution in [3.05, 3.63) is 57.6 Å². The number of carbonyl (C=O) groups excluding carboxylic acids is 3. The number of carbonyl (C=O) groups is 3. The van der Waals surface area contributed by atoms with Crippen LogP contribution in [0.15, 0.2) is 34.9 Å². The molecule has 0 radical (unpaired) electrons. The molecule has 0 spiro atoms. The molecule has 34 heavy (non-hydrogen) atoms. The van der Waals surface area contributed by atoms with Gasteiger partial charge >= 0.3 is 6.01 Å². The molecule has 0 bridgehead atoms. The molecule has 0 aliphatic carbocycles. The molecule has 11 heteroatoms. The first kappa shape index (κ1) is 21.9. The Kier molecular flexibility index (Phi) is 5.45. The monoisotopic (exact) mass is 481 g/mol.